The molecule has 3 heterocycles. The molecule has 0 bridgehead atoms. The third-order valence-electron chi connectivity index (χ3n) is 4.15. The van der Waals surface area contributed by atoms with Gasteiger partial charge in [0, 0.05) is 30.5 Å². The number of fused-ring (bicyclic) bond motifs is 1. The second-order valence-electron chi connectivity index (χ2n) is 5.83. The maximum Gasteiger partial charge on any atom is 0.153 e. The summed E-state index contributed by atoms with van der Waals surface area (Å²) in [5.74, 6) is 1.37. The van der Waals surface area contributed by atoms with Crippen molar-refractivity contribution >= 4 is 22.5 Å². The Hall–Kier alpha value is -3.41. The van der Waals surface area contributed by atoms with Gasteiger partial charge in [-0.25, -0.2) is 4.98 Å². The highest BCUT2D eigenvalue weighted by Gasteiger charge is 2.06. The highest BCUT2D eigenvalue weighted by molar-refractivity contribution is 5.92. The maximum atomic E-state index is 5.90. The molecule has 6 heteroatoms. The molecule has 3 aromatic heterocycles. The Kier molecular flexibility index (Phi) is 4.00. The predicted molar refractivity (Wildman–Crippen MR) is 100 cm³/mol. The van der Waals surface area contributed by atoms with Crippen molar-refractivity contribution in [3.05, 3.63) is 66.6 Å². The average Bonchev–Trinajstić information content (AvgIpc) is 3.03. The Morgan fingerprint density at radius 2 is 1.80 bits per heavy atom. The number of hydrogen-bond acceptors (Lipinski definition) is 5. The minimum absolute atomic E-state index is 0.515. The van der Waals surface area contributed by atoms with Crippen LogP contribution in [0.15, 0.2) is 61.1 Å². The van der Waals surface area contributed by atoms with Gasteiger partial charge >= 0.3 is 0 Å². The Morgan fingerprint density at radius 3 is 2.68 bits per heavy atom. The summed E-state index contributed by atoms with van der Waals surface area (Å²) in [4.78, 5) is 8.43. The van der Waals surface area contributed by atoms with Crippen LogP contribution in [0.5, 0.6) is 0 Å². The van der Waals surface area contributed by atoms with E-state index in [0.717, 1.165) is 40.8 Å². The summed E-state index contributed by atoms with van der Waals surface area (Å²) in [6.45, 7) is 0.814. The molecule has 1 aromatic carbocycles. The number of hydrogen-bond donors (Lipinski definition) is 3. The van der Waals surface area contributed by atoms with Crippen molar-refractivity contribution in [3.63, 3.8) is 0 Å². The number of anilines is 2. The van der Waals surface area contributed by atoms with E-state index in [1.807, 2.05) is 55.0 Å². The van der Waals surface area contributed by atoms with E-state index in [-0.39, 0.29) is 0 Å². The zero-order chi connectivity index (χ0) is 17.1. The molecule has 0 fully saturated rings. The van der Waals surface area contributed by atoms with Gasteiger partial charge in [-0.05, 0) is 59.5 Å². The second kappa shape index (κ2) is 6.60. The number of rotatable bonds is 5. The molecule has 0 atom stereocenters. The number of nitrogen functional groups attached to an aromatic ring is 1. The standard InChI is InChI=1S/C19H18N6/c20-19-16-11-14(1-2-17(16)24-25-19)15-6-10-23-18(12-15)22-9-5-13-3-7-21-8-4-13/h1-4,6-8,10-12H,5,9H2,(H,22,23)(H3,20,24,25). The predicted octanol–water partition coefficient (Wildman–Crippen LogP) is 3.26. The van der Waals surface area contributed by atoms with Crippen LogP contribution in [-0.2, 0) is 6.42 Å². The van der Waals surface area contributed by atoms with Crippen LogP contribution in [0.1, 0.15) is 5.56 Å². The van der Waals surface area contributed by atoms with Crippen LogP contribution in [0.4, 0.5) is 11.6 Å². The molecule has 0 aliphatic rings. The van der Waals surface area contributed by atoms with Gasteiger partial charge in [0.2, 0.25) is 0 Å². The lowest BCUT2D eigenvalue weighted by Crippen LogP contribution is -2.06. The quantitative estimate of drug-likeness (QED) is 0.522. The third kappa shape index (κ3) is 3.28. The SMILES string of the molecule is Nc1n[nH]c2ccc(-c3ccnc(NCCc4ccncc4)c3)cc12. The fraction of sp³-hybridized carbons (Fsp3) is 0.105. The molecule has 6 nitrogen and oxygen atoms in total. The normalized spacial score (nSPS) is 10.9. The van der Waals surface area contributed by atoms with E-state index in [2.05, 4.69) is 31.5 Å². The van der Waals surface area contributed by atoms with E-state index in [1.165, 1.54) is 5.56 Å². The van der Waals surface area contributed by atoms with Crippen molar-refractivity contribution in [3.8, 4) is 11.1 Å². The van der Waals surface area contributed by atoms with Crippen molar-refractivity contribution in [2.75, 3.05) is 17.6 Å². The van der Waals surface area contributed by atoms with Gasteiger partial charge in [0.25, 0.3) is 0 Å². The fourth-order valence-corrected chi connectivity index (χ4v) is 2.81. The van der Waals surface area contributed by atoms with E-state index < -0.39 is 0 Å². The number of nitrogens with zero attached hydrogens (tertiary/aromatic N) is 3. The van der Waals surface area contributed by atoms with Gasteiger partial charge in [-0.2, -0.15) is 5.10 Å². The first-order valence-electron chi connectivity index (χ1n) is 8.12. The number of aromatic amines is 1. The molecule has 4 rings (SSSR count). The van der Waals surface area contributed by atoms with E-state index in [4.69, 9.17) is 5.73 Å². The van der Waals surface area contributed by atoms with Gasteiger partial charge < -0.3 is 11.1 Å². The minimum Gasteiger partial charge on any atom is -0.382 e. The summed E-state index contributed by atoms with van der Waals surface area (Å²) in [7, 11) is 0. The van der Waals surface area contributed by atoms with E-state index in [0.29, 0.717) is 5.82 Å². The molecule has 0 unspecified atom stereocenters. The molecule has 124 valence electrons. The zero-order valence-electron chi connectivity index (χ0n) is 13.6. The van der Waals surface area contributed by atoms with Crippen LogP contribution in [0, 0.1) is 0 Å². The monoisotopic (exact) mass is 330 g/mol. The summed E-state index contributed by atoms with van der Waals surface area (Å²) in [5, 5.41) is 11.3. The zero-order valence-corrected chi connectivity index (χ0v) is 13.6. The Morgan fingerprint density at radius 1 is 0.960 bits per heavy atom. The first-order valence-corrected chi connectivity index (χ1v) is 8.12. The molecule has 0 saturated carbocycles. The lowest BCUT2D eigenvalue weighted by molar-refractivity contribution is 1.00. The number of pyridine rings is 2. The summed E-state index contributed by atoms with van der Waals surface area (Å²) >= 11 is 0. The van der Waals surface area contributed by atoms with Crippen LogP contribution >= 0.6 is 0 Å². The molecule has 0 saturated heterocycles. The van der Waals surface area contributed by atoms with Crippen LogP contribution in [0.25, 0.3) is 22.0 Å². The van der Waals surface area contributed by atoms with E-state index in [9.17, 15) is 0 Å². The molecule has 4 N–H and O–H groups in total. The molecular formula is C19H18N6. The number of nitrogens with two attached hydrogens (primary N) is 1. The first-order chi connectivity index (χ1) is 12.3. The Labute approximate surface area is 145 Å². The number of H-pyrrole nitrogens is 1. The Bertz CT molecular complexity index is 993. The average molecular weight is 330 g/mol. The number of benzene rings is 1. The third-order valence-corrected chi connectivity index (χ3v) is 4.15. The van der Waals surface area contributed by atoms with Crippen LogP contribution < -0.4 is 11.1 Å². The van der Waals surface area contributed by atoms with Crippen molar-refractivity contribution < 1.29 is 0 Å². The smallest absolute Gasteiger partial charge is 0.153 e. The van der Waals surface area contributed by atoms with E-state index in [1.54, 1.807) is 0 Å². The summed E-state index contributed by atoms with van der Waals surface area (Å²) < 4.78 is 0. The molecule has 0 radical (unpaired) electrons. The lowest BCUT2D eigenvalue weighted by Gasteiger charge is -2.08. The van der Waals surface area contributed by atoms with Gasteiger partial charge in [0.15, 0.2) is 5.82 Å². The Balaban J connectivity index is 1.51. The second-order valence-corrected chi connectivity index (χ2v) is 5.83. The highest BCUT2D eigenvalue weighted by atomic mass is 15.1. The molecule has 0 amide bonds. The van der Waals surface area contributed by atoms with Gasteiger partial charge in [-0.15, -0.1) is 0 Å². The topological polar surface area (TPSA) is 92.5 Å². The van der Waals surface area contributed by atoms with Crippen molar-refractivity contribution in [2.45, 2.75) is 6.42 Å². The summed E-state index contributed by atoms with van der Waals surface area (Å²) in [5.41, 5.74) is 10.3. The van der Waals surface area contributed by atoms with Crippen molar-refractivity contribution in [1.82, 2.24) is 20.2 Å². The van der Waals surface area contributed by atoms with Crippen LogP contribution in [0.3, 0.4) is 0 Å². The highest BCUT2D eigenvalue weighted by Crippen LogP contribution is 2.27. The molecule has 0 spiro atoms. The molecular weight excluding hydrogens is 312 g/mol. The fourth-order valence-electron chi connectivity index (χ4n) is 2.81. The van der Waals surface area contributed by atoms with Gasteiger partial charge in [0.05, 0.1) is 5.52 Å². The number of nitrogens with one attached hydrogen (secondary N) is 2. The number of aromatic nitrogens is 4. The molecule has 0 aliphatic carbocycles. The van der Waals surface area contributed by atoms with Gasteiger partial charge in [-0.3, -0.25) is 10.1 Å². The summed E-state index contributed by atoms with van der Waals surface area (Å²) in [6, 6.07) is 14.2. The van der Waals surface area contributed by atoms with Crippen LogP contribution in [0.2, 0.25) is 0 Å². The lowest BCUT2D eigenvalue weighted by atomic mass is 10.0. The van der Waals surface area contributed by atoms with E-state index >= 15 is 0 Å². The van der Waals surface area contributed by atoms with Gasteiger partial charge in [0.1, 0.15) is 5.82 Å². The van der Waals surface area contributed by atoms with Crippen LogP contribution in [-0.4, -0.2) is 26.7 Å². The van der Waals surface area contributed by atoms with Crippen molar-refractivity contribution in [1.29, 1.82) is 0 Å². The van der Waals surface area contributed by atoms with Gasteiger partial charge in [-0.1, -0.05) is 6.07 Å². The minimum atomic E-state index is 0.515. The maximum absolute atomic E-state index is 5.90. The molecule has 4 aromatic rings. The van der Waals surface area contributed by atoms with Crippen molar-refractivity contribution in [2.24, 2.45) is 0 Å². The summed E-state index contributed by atoms with van der Waals surface area (Å²) in [6.07, 6.45) is 6.36. The first kappa shape index (κ1) is 15.1. The molecule has 0 aliphatic heterocycles. The molecule has 25 heavy (non-hydrogen) atoms. The largest absolute Gasteiger partial charge is 0.382 e.